The number of carbonyl (C=O) groups excluding carboxylic acids is 1. The minimum atomic E-state index is 0.155. The Kier molecular flexibility index (Phi) is 5.61. The van der Waals surface area contributed by atoms with E-state index in [9.17, 15) is 4.79 Å². The highest BCUT2D eigenvalue weighted by atomic mass is 32.1. The van der Waals surface area contributed by atoms with Gasteiger partial charge in [0.25, 0.3) is 0 Å². The highest BCUT2D eigenvalue weighted by Gasteiger charge is 2.30. The van der Waals surface area contributed by atoms with E-state index in [4.69, 9.17) is 14.1 Å². The molecule has 6 nitrogen and oxygen atoms in total. The van der Waals surface area contributed by atoms with Crippen LogP contribution in [0.2, 0.25) is 0 Å². The maximum atomic E-state index is 12.7. The van der Waals surface area contributed by atoms with Crippen molar-refractivity contribution in [1.82, 2.24) is 14.8 Å². The Morgan fingerprint density at radius 2 is 1.93 bits per heavy atom. The first-order valence-electron chi connectivity index (χ1n) is 9.72. The lowest BCUT2D eigenvalue weighted by molar-refractivity contribution is -0.141. The molecule has 146 valence electrons. The number of aryl methyl sites for hydroxylation is 2. The number of carbonyl (C=O) groups is 1. The van der Waals surface area contributed by atoms with E-state index in [1.807, 2.05) is 11.8 Å². The predicted molar refractivity (Wildman–Crippen MR) is 105 cm³/mol. The summed E-state index contributed by atoms with van der Waals surface area (Å²) in [6, 6.07) is 4.16. The van der Waals surface area contributed by atoms with E-state index in [-0.39, 0.29) is 5.92 Å². The van der Waals surface area contributed by atoms with Crippen molar-refractivity contribution in [2.24, 2.45) is 5.92 Å². The standard InChI is InChI=1S/C20H27N3O3S/c1-14-3-4-18(27-14)19-21-17(15(2)26-19)13-22-7-5-16(6-8-22)20(24)23-9-11-25-12-10-23/h3-4,16H,5-13H2,1-2H3. The summed E-state index contributed by atoms with van der Waals surface area (Å²) in [5, 5.41) is 0. The summed E-state index contributed by atoms with van der Waals surface area (Å²) in [6.45, 7) is 9.54. The number of rotatable bonds is 4. The van der Waals surface area contributed by atoms with Crippen LogP contribution in [0.25, 0.3) is 10.8 Å². The van der Waals surface area contributed by atoms with Crippen molar-refractivity contribution < 1.29 is 13.9 Å². The Labute approximate surface area is 164 Å². The van der Waals surface area contributed by atoms with Crippen molar-refractivity contribution in [1.29, 1.82) is 0 Å². The van der Waals surface area contributed by atoms with Crippen molar-refractivity contribution >= 4 is 17.2 Å². The molecule has 0 atom stereocenters. The molecule has 27 heavy (non-hydrogen) atoms. The number of aromatic nitrogens is 1. The van der Waals surface area contributed by atoms with Gasteiger partial charge in [-0.25, -0.2) is 4.98 Å². The molecule has 0 aromatic carbocycles. The first kappa shape index (κ1) is 18.7. The van der Waals surface area contributed by atoms with Crippen LogP contribution < -0.4 is 0 Å². The average molecular weight is 390 g/mol. The van der Waals surface area contributed by atoms with Crippen LogP contribution in [0.4, 0.5) is 0 Å². The predicted octanol–water partition coefficient (Wildman–Crippen LogP) is 3.09. The van der Waals surface area contributed by atoms with E-state index in [0.29, 0.717) is 19.1 Å². The molecule has 0 bridgehead atoms. The zero-order valence-corrected chi connectivity index (χ0v) is 16.9. The molecule has 0 spiro atoms. The second-order valence-corrected chi connectivity index (χ2v) is 8.71. The largest absolute Gasteiger partial charge is 0.440 e. The number of morpholine rings is 1. The van der Waals surface area contributed by atoms with Crippen molar-refractivity contribution in [2.45, 2.75) is 33.2 Å². The van der Waals surface area contributed by atoms with Gasteiger partial charge in [-0.05, 0) is 51.9 Å². The van der Waals surface area contributed by atoms with Crippen molar-refractivity contribution in [3.8, 4) is 10.8 Å². The Morgan fingerprint density at radius 1 is 1.19 bits per heavy atom. The number of hydrogen-bond acceptors (Lipinski definition) is 6. The summed E-state index contributed by atoms with van der Waals surface area (Å²) < 4.78 is 11.2. The number of likely N-dealkylation sites (tertiary alicyclic amines) is 1. The molecule has 2 aromatic heterocycles. The topological polar surface area (TPSA) is 58.8 Å². The number of hydrogen-bond donors (Lipinski definition) is 0. The van der Waals surface area contributed by atoms with Crippen LogP contribution in [-0.2, 0) is 16.1 Å². The molecule has 4 rings (SSSR count). The Morgan fingerprint density at radius 3 is 2.59 bits per heavy atom. The summed E-state index contributed by atoms with van der Waals surface area (Å²) in [5.41, 5.74) is 1.01. The Bertz CT molecular complexity index is 786. The van der Waals surface area contributed by atoms with Crippen LogP contribution in [0.1, 0.15) is 29.2 Å². The molecule has 2 aliphatic heterocycles. The van der Waals surface area contributed by atoms with Crippen LogP contribution in [0.15, 0.2) is 16.5 Å². The van der Waals surface area contributed by atoms with Gasteiger partial charge in [-0.15, -0.1) is 11.3 Å². The molecule has 0 N–H and O–H groups in total. The number of ether oxygens (including phenoxy) is 1. The lowest BCUT2D eigenvalue weighted by Crippen LogP contribution is -2.46. The Balaban J connectivity index is 1.33. The van der Waals surface area contributed by atoms with E-state index in [1.54, 1.807) is 11.3 Å². The fourth-order valence-electron chi connectivity index (χ4n) is 3.82. The molecular formula is C20H27N3O3S. The van der Waals surface area contributed by atoms with Crippen LogP contribution in [0.3, 0.4) is 0 Å². The van der Waals surface area contributed by atoms with Gasteiger partial charge < -0.3 is 14.1 Å². The number of piperidine rings is 1. The monoisotopic (exact) mass is 389 g/mol. The summed E-state index contributed by atoms with van der Waals surface area (Å²) in [7, 11) is 0. The molecule has 2 saturated heterocycles. The van der Waals surface area contributed by atoms with Gasteiger partial charge in [0.1, 0.15) is 5.76 Å². The molecular weight excluding hydrogens is 362 g/mol. The summed E-state index contributed by atoms with van der Waals surface area (Å²) in [4.78, 5) is 24.1. The molecule has 7 heteroatoms. The van der Waals surface area contributed by atoms with E-state index in [0.717, 1.165) is 67.8 Å². The molecule has 4 heterocycles. The lowest BCUT2D eigenvalue weighted by atomic mass is 9.95. The normalized spacial score (nSPS) is 19.6. The minimum absolute atomic E-state index is 0.155. The van der Waals surface area contributed by atoms with Gasteiger partial charge in [-0.2, -0.15) is 0 Å². The minimum Gasteiger partial charge on any atom is -0.440 e. The zero-order chi connectivity index (χ0) is 18.8. The summed E-state index contributed by atoms with van der Waals surface area (Å²) in [6.07, 6.45) is 1.84. The van der Waals surface area contributed by atoms with Gasteiger partial charge in [0.2, 0.25) is 11.8 Å². The second-order valence-electron chi connectivity index (χ2n) is 7.42. The van der Waals surface area contributed by atoms with Crippen LogP contribution in [0, 0.1) is 19.8 Å². The van der Waals surface area contributed by atoms with E-state index >= 15 is 0 Å². The second kappa shape index (κ2) is 8.12. The number of amides is 1. The third-order valence-electron chi connectivity index (χ3n) is 5.48. The fraction of sp³-hybridized carbons (Fsp3) is 0.600. The highest BCUT2D eigenvalue weighted by Crippen LogP contribution is 2.29. The van der Waals surface area contributed by atoms with Gasteiger partial charge in [-0.3, -0.25) is 9.69 Å². The quantitative estimate of drug-likeness (QED) is 0.804. The summed E-state index contributed by atoms with van der Waals surface area (Å²) >= 11 is 1.71. The maximum Gasteiger partial charge on any atom is 0.236 e. The van der Waals surface area contributed by atoms with Gasteiger partial charge >= 0.3 is 0 Å². The molecule has 0 saturated carbocycles. The number of nitrogens with zero attached hydrogens (tertiary/aromatic N) is 3. The average Bonchev–Trinajstić information content (AvgIpc) is 3.28. The van der Waals surface area contributed by atoms with Crippen LogP contribution >= 0.6 is 11.3 Å². The number of oxazole rings is 1. The molecule has 0 unspecified atom stereocenters. The first-order chi connectivity index (χ1) is 13.1. The third kappa shape index (κ3) is 4.25. The fourth-order valence-corrected chi connectivity index (χ4v) is 4.62. The lowest BCUT2D eigenvalue weighted by Gasteiger charge is -2.35. The number of thiophene rings is 1. The van der Waals surface area contributed by atoms with Gasteiger partial charge in [0, 0.05) is 30.4 Å². The molecule has 0 radical (unpaired) electrons. The first-order valence-corrected chi connectivity index (χ1v) is 10.5. The Hall–Kier alpha value is -1.70. The third-order valence-corrected chi connectivity index (χ3v) is 6.47. The molecule has 1 amide bonds. The van der Waals surface area contributed by atoms with Crippen molar-refractivity contribution in [2.75, 3.05) is 39.4 Å². The zero-order valence-electron chi connectivity index (χ0n) is 16.1. The van der Waals surface area contributed by atoms with Crippen molar-refractivity contribution in [3.63, 3.8) is 0 Å². The van der Waals surface area contributed by atoms with Crippen LogP contribution in [-0.4, -0.2) is 60.1 Å². The molecule has 0 aliphatic carbocycles. The highest BCUT2D eigenvalue weighted by molar-refractivity contribution is 7.15. The molecule has 2 fully saturated rings. The van der Waals surface area contributed by atoms with E-state index in [1.165, 1.54) is 4.88 Å². The smallest absolute Gasteiger partial charge is 0.236 e. The SMILES string of the molecule is Cc1ccc(-c2nc(CN3CCC(C(=O)N4CCOCC4)CC3)c(C)o2)s1. The summed E-state index contributed by atoms with van der Waals surface area (Å²) in [5.74, 6) is 2.08. The maximum absolute atomic E-state index is 12.7. The van der Waals surface area contributed by atoms with Gasteiger partial charge in [0.15, 0.2) is 0 Å². The van der Waals surface area contributed by atoms with Crippen LogP contribution in [0.5, 0.6) is 0 Å². The van der Waals surface area contributed by atoms with Gasteiger partial charge in [0.05, 0.1) is 23.8 Å². The van der Waals surface area contributed by atoms with Gasteiger partial charge in [-0.1, -0.05) is 0 Å². The molecule has 2 aromatic rings. The van der Waals surface area contributed by atoms with Crippen molar-refractivity contribution in [3.05, 3.63) is 28.5 Å². The van der Waals surface area contributed by atoms with E-state index < -0.39 is 0 Å². The molecule has 2 aliphatic rings. The van der Waals surface area contributed by atoms with E-state index in [2.05, 4.69) is 24.0 Å².